The van der Waals surface area contributed by atoms with E-state index in [0.29, 0.717) is 0 Å². The van der Waals surface area contributed by atoms with E-state index in [-0.39, 0.29) is 16.8 Å². The third-order valence-corrected chi connectivity index (χ3v) is 9.48. The molecule has 0 saturated heterocycles. The Morgan fingerprint density at radius 1 is 0.833 bits per heavy atom. The van der Waals surface area contributed by atoms with E-state index in [1.165, 1.54) is 18.1 Å². The summed E-state index contributed by atoms with van der Waals surface area (Å²) < 4.78 is 0. The average Bonchev–Trinajstić information content (AvgIpc) is 3.08. The summed E-state index contributed by atoms with van der Waals surface area (Å²) in [6.45, 7) is 7.06. The Balaban J connectivity index is 0.000000405. The van der Waals surface area contributed by atoms with E-state index < -0.39 is 8.07 Å². The van der Waals surface area contributed by atoms with E-state index >= 15 is 0 Å². The predicted octanol–water partition coefficient (Wildman–Crippen LogP) is 4.52. The van der Waals surface area contributed by atoms with Crippen LogP contribution >= 0.6 is 0 Å². The minimum Gasteiger partial charge on any atom is -0.214 e. The van der Waals surface area contributed by atoms with Gasteiger partial charge in [0.2, 0.25) is 0 Å². The molecule has 0 heterocycles. The van der Waals surface area contributed by atoms with Crippen LogP contribution in [0, 0.1) is 0 Å². The topological polar surface area (TPSA) is 0 Å². The largest absolute Gasteiger partial charge is 2.00 e. The Morgan fingerprint density at radius 3 is 1.56 bits per heavy atom. The van der Waals surface area contributed by atoms with Crippen molar-refractivity contribution in [2.45, 2.75) is 38.9 Å². The number of hydrogen-bond acceptors (Lipinski definition) is 0. The molecule has 2 aromatic carbocycles. The van der Waals surface area contributed by atoms with Gasteiger partial charge in [-0.15, -0.1) is 0 Å². The molecule has 0 aromatic heterocycles. The summed E-state index contributed by atoms with van der Waals surface area (Å²) in [5.41, 5.74) is 0. The molecule has 0 atom stereocenters. The molecule has 0 aliphatic rings. The van der Waals surface area contributed by atoms with Crippen molar-refractivity contribution >= 4 is 13.3 Å². The van der Waals surface area contributed by atoms with Crippen LogP contribution in [0.3, 0.4) is 0 Å². The molecule has 1 radical (unpaired) electrons. The Morgan fingerprint density at radius 2 is 1.28 bits per heavy atom. The van der Waals surface area contributed by atoms with Gasteiger partial charge in [0.15, 0.2) is 0 Å². The van der Waals surface area contributed by atoms with E-state index in [4.69, 9.17) is 0 Å². The van der Waals surface area contributed by atoms with Gasteiger partial charge in [-0.05, 0) is 0 Å². The molecular weight excluding hydrogens is 279 g/mol. The standard InChI is InChI=1S/C11H19Si.C5H5.Co/c1-4-12(5-2,6-3)11-9-7-8-10-11;1-2-4-5-3-1;/h7-10H,4-6H2,1-3H3;1-5H;/q2*-1;+2. The smallest absolute Gasteiger partial charge is 0.214 e. The molecule has 2 rings (SSSR count). The van der Waals surface area contributed by atoms with Crippen LogP contribution in [0.15, 0.2) is 54.6 Å². The monoisotopic (exact) mass is 303 g/mol. The van der Waals surface area contributed by atoms with Crippen LogP contribution in [0.2, 0.25) is 18.1 Å². The van der Waals surface area contributed by atoms with E-state index in [0.717, 1.165) is 0 Å². The van der Waals surface area contributed by atoms with Crippen LogP contribution in [-0.4, -0.2) is 8.07 Å². The Hall–Kier alpha value is -0.577. The molecular formula is C16H24CoSi. The second kappa shape index (κ2) is 9.37. The molecule has 0 aliphatic heterocycles. The maximum Gasteiger partial charge on any atom is 2.00 e. The molecule has 2 aromatic rings. The summed E-state index contributed by atoms with van der Waals surface area (Å²) in [4.78, 5) is 0. The first-order valence-corrected chi connectivity index (χ1v) is 9.30. The van der Waals surface area contributed by atoms with Gasteiger partial charge >= 0.3 is 16.8 Å². The summed E-state index contributed by atoms with van der Waals surface area (Å²) >= 11 is 0. The zero-order valence-corrected chi connectivity index (χ0v) is 13.7. The van der Waals surface area contributed by atoms with Crippen LogP contribution in [0.5, 0.6) is 0 Å². The van der Waals surface area contributed by atoms with Gasteiger partial charge in [0.25, 0.3) is 0 Å². The molecule has 2 heteroatoms. The number of rotatable bonds is 4. The van der Waals surface area contributed by atoms with Crippen LogP contribution in [0.1, 0.15) is 20.8 Å². The third kappa shape index (κ3) is 4.60. The SMILES string of the molecule is CC[Si](CC)(CC)[c-]1cccc1.[Co+2].c1cc[cH-]c1. The van der Waals surface area contributed by atoms with Crippen molar-refractivity contribution in [3.05, 3.63) is 54.6 Å². The van der Waals surface area contributed by atoms with Gasteiger partial charge in [0.05, 0.1) is 0 Å². The molecule has 0 unspecified atom stereocenters. The Kier molecular flexibility index (Phi) is 9.07. The fraction of sp³-hybridized carbons (Fsp3) is 0.375. The fourth-order valence-corrected chi connectivity index (χ4v) is 6.03. The number of hydrogen-bond donors (Lipinski definition) is 0. The normalized spacial score (nSPS) is 10.2. The maximum atomic E-state index is 2.35. The predicted molar refractivity (Wildman–Crippen MR) is 80.9 cm³/mol. The van der Waals surface area contributed by atoms with Crippen LogP contribution < -0.4 is 5.19 Å². The molecule has 0 aliphatic carbocycles. The Bertz CT molecular complexity index is 332. The molecule has 101 valence electrons. The average molecular weight is 303 g/mol. The molecule has 0 amide bonds. The fourth-order valence-electron chi connectivity index (χ4n) is 2.41. The third-order valence-electron chi connectivity index (χ3n) is 3.86. The van der Waals surface area contributed by atoms with Gasteiger partial charge in [-0.3, -0.25) is 0 Å². The van der Waals surface area contributed by atoms with Gasteiger partial charge in [-0.1, -0.05) is 38.9 Å². The van der Waals surface area contributed by atoms with Crippen LogP contribution in [0.25, 0.3) is 0 Å². The first kappa shape index (κ1) is 17.4. The minimum absolute atomic E-state index is 0. The Labute approximate surface area is 123 Å². The van der Waals surface area contributed by atoms with Gasteiger partial charge in [0.1, 0.15) is 0 Å². The van der Waals surface area contributed by atoms with Crippen molar-refractivity contribution in [1.82, 2.24) is 0 Å². The second-order valence-electron chi connectivity index (χ2n) is 4.48. The first-order valence-electron chi connectivity index (χ1n) is 6.68. The minimum atomic E-state index is -1.04. The first-order chi connectivity index (χ1) is 8.29. The maximum absolute atomic E-state index is 2.35. The van der Waals surface area contributed by atoms with E-state index in [2.05, 4.69) is 45.0 Å². The summed E-state index contributed by atoms with van der Waals surface area (Å²) in [6, 6.07) is 23.2. The van der Waals surface area contributed by atoms with Gasteiger partial charge in [-0.25, -0.2) is 24.3 Å². The van der Waals surface area contributed by atoms with Crippen LogP contribution in [-0.2, 0) is 16.8 Å². The van der Waals surface area contributed by atoms with E-state index in [1.54, 1.807) is 5.19 Å². The molecule has 0 fully saturated rings. The van der Waals surface area contributed by atoms with Crippen molar-refractivity contribution in [2.75, 3.05) is 0 Å². The molecule has 0 N–H and O–H groups in total. The summed E-state index contributed by atoms with van der Waals surface area (Å²) in [5.74, 6) is 0. The molecule has 0 nitrogen and oxygen atoms in total. The summed E-state index contributed by atoms with van der Waals surface area (Å²) in [7, 11) is -1.04. The van der Waals surface area contributed by atoms with E-state index in [9.17, 15) is 0 Å². The van der Waals surface area contributed by atoms with E-state index in [1.807, 2.05) is 30.3 Å². The quantitative estimate of drug-likeness (QED) is 0.575. The van der Waals surface area contributed by atoms with Gasteiger partial charge in [0, 0.05) is 8.07 Å². The van der Waals surface area contributed by atoms with Gasteiger partial charge < -0.3 is 0 Å². The summed E-state index contributed by atoms with van der Waals surface area (Å²) in [6.07, 6.45) is 0. The zero-order chi connectivity index (χ0) is 12.6. The van der Waals surface area contributed by atoms with Gasteiger partial charge in [-0.2, -0.15) is 35.5 Å². The second-order valence-corrected chi connectivity index (χ2v) is 9.74. The van der Waals surface area contributed by atoms with Crippen molar-refractivity contribution < 1.29 is 16.8 Å². The molecule has 18 heavy (non-hydrogen) atoms. The van der Waals surface area contributed by atoms with Crippen molar-refractivity contribution in [1.29, 1.82) is 0 Å². The van der Waals surface area contributed by atoms with Crippen molar-refractivity contribution in [3.8, 4) is 0 Å². The van der Waals surface area contributed by atoms with Crippen molar-refractivity contribution in [3.63, 3.8) is 0 Å². The zero-order valence-electron chi connectivity index (χ0n) is 11.7. The van der Waals surface area contributed by atoms with Crippen molar-refractivity contribution in [2.24, 2.45) is 0 Å². The summed E-state index contributed by atoms with van der Waals surface area (Å²) in [5, 5.41) is 1.66. The molecule has 0 saturated carbocycles. The van der Waals surface area contributed by atoms with Crippen LogP contribution in [0.4, 0.5) is 0 Å². The molecule has 0 bridgehead atoms. The molecule has 0 spiro atoms.